The van der Waals surface area contributed by atoms with E-state index in [0.29, 0.717) is 18.8 Å². The summed E-state index contributed by atoms with van der Waals surface area (Å²) in [6.45, 7) is 2.84. The van der Waals surface area contributed by atoms with Crippen LogP contribution in [-0.4, -0.2) is 54.8 Å². The maximum atomic E-state index is 11.9. The van der Waals surface area contributed by atoms with Crippen LogP contribution < -0.4 is 5.32 Å². The minimum absolute atomic E-state index is 0.452. The van der Waals surface area contributed by atoms with Gasteiger partial charge in [0.15, 0.2) is 0 Å². The number of anilines is 1. The number of likely N-dealkylation sites (N-methyl/N-ethyl adjacent to an activating group) is 1. The lowest BCUT2D eigenvalue weighted by Crippen LogP contribution is -2.50. The minimum Gasteiger partial charge on any atom is -0.332 e. The van der Waals surface area contributed by atoms with Crippen molar-refractivity contribution in [3.05, 3.63) is 30.3 Å². The van der Waals surface area contributed by atoms with Crippen LogP contribution in [0.5, 0.6) is 0 Å². The number of piperazine rings is 1. The Morgan fingerprint density at radius 1 is 1.06 bits per heavy atom. The van der Waals surface area contributed by atoms with Gasteiger partial charge in [-0.3, -0.25) is 9.59 Å². The zero-order valence-electron chi connectivity index (χ0n) is 10.4. The first kappa shape index (κ1) is 12.6. The van der Waals surface area contributed by atoms with E-state index < -0.39 is 11.8 Å². The Hall–Kier alpha value is -1.88. The van der Waals surface area contributed by atoms with Crippen molar-refractivity contribution in [3.63, 3.8) is 0 Å². The van der Waals surface area contributed by atoms with Crippen molar-refractivity contribution in [1.82, 2.24) is 9.80 Å². The van der Waals surface area contributed by atoms with Crippen LogP contribution in [0.25, 0.3) is 0 Å². The summed E-state index contributed by atoms with van der Waals surface area (Å²) in [4.78, 5) is 27.4. The summed E-state index contributed by atoms with van der Waals surface area (Å²) in [5.74, 6) is -1.02. The van der Waals surface area contributed by atoms with Gasteiger partial charge in [0.1, 0.15) is 0 Å². The van der Waals surface area contributed by atoms with E-state index in [1.54, 1.807) is 17.0 Å². The number of para-hydroxylation sites is 1. The third-order valence-corrected chi connectivity index (χ3v) is 3.02. The number of carbonyl (C=O) groups is 2. The first-order valence-electron chi connectivity index (χ1n) is 6.00. The number of hydrogen-bond acceptors (Lipinski definition) is 3. The molecular formula is C13H17N3O2. The van der Waals surface area contributed by atoms with Crippen molar-refractivity contribution >= 4 is 17.5 Å². The largest absolute Gasteiger partial charge is 0.332 e. The van der Waals surface area contributed by atoms with Gasteiger partial charge in [-0.15, -0.1) is 0 Å². The summed E-state index contributed by atoms with van der Waals surface area (Å²) in [6.07, 6.45) is 0. The first-order chi connectivity index (χ1) is 8.66. The molecule has 0 atom stereocenters. The van der Waals surface area contributed by atoms with E-state index in [-0.39, 0.29) is 0 Å². The van der Waals surface area contributed by atoms with Crippen LogP contribution in [0.3, 0.4) is 0 Å². The molecule has 0 aliphatic carbocycles. The van der Waals surface area contributed by atoms with Crippen LogP contribution in [0.1, 0.15) is 0 Å². The smallest absolute Gasteiger partial charge is 0.313 e. The van der Waals surface area contributed by atoms with Gasteiger partial charge >= 0.3 is 11.8 Å². The van der Waals surface area contributed by atoms with Crippen LogP contribution in [0, 0.1) is 0 Å². The number of nitrogens with one attached hydrogen (secondary N) is 1. The molecule has 5 nitrogen and oxygen atoms in total. The van der Waals surface area contributed by atoms with Gasteiger partial charge in [0.2, 0.25) is 0 Å². The molecule has 1 aliphatic rings. The average molecular weight is 247 g/mol. The molecule has 1 N–H and O–H groups in total. The maximum absolute atomic E-state index is 11.9. The minimum atomic E-state index is -0.564. The Balaban J connectivity index is 1.91. The predicted molar refractivity (Wildman–Crippen MR) is 69.1 cm³/mol. The summed E-state index contributed by atoms with van der Waals surface area (Å²) in [5.41, 5.74) is 0.643. The molecule has 0 saturated carbocycles. The third-order valence-electron chi connectivity index (χ3n) is 3.02. The molecule has 1 aliphatic heterocycles. The summed E-state index contributed by atoms with van der Waals surface area (Å²) in [5, 5.41) is 2.61. The van der Waals surface area contributed by atoms with E-state index in [4.69, 9.17) is 0 Å². The molecule has 0 unspecified atom stereocenters. The normalized spacial score (nSPS) is 16.4. The Labute approximate surface area is 106 Å². The van der Waals surface area contributed by atoms with Gasteiger partial charge in [-0.05, 0) is 19.2 Å². The van der Waals surface area contributed by atoms with Crippen LogP contribution in [0.15, 0.2) is 30.3 Å². The molecule has 0 bridgehead atoms. The molecule has 0 aromatic heterocycles. The van der Waals surface area contributed by atoms with E-state index in [1.807, 2.05) is 25.2 Å². The van der Waals surface area contributed by atoms with E-state index in [9.17, 15) is 9.59 Å². The summed E-state index contributed by atoms with van der Waals surface area (Å²) < 4.78 is 0. The lowest BCUT2D eigenvalue weighted by Gasteiger charge is -2.31. The average Bonchev–Trinajstić information content (AvgIpc) is 2.40. The molecular weight excluding hydrogens is 230 g/mol. The Morgan fingerprint density at radius 3 is 2.28 bits per heavy atom. The molecule has 2 rings (SSSR count). The molecule has 18 heavy (non-hydrogen) atoms. The third kappa shape index (κ3) is 3.07. The number of carbonyl (C=O) groups excluding carboxylic acids is 2. The highest BCUT2D eigenvalue weighted by molar-refractivity contribution is 6.39. The Bertz CT molecular complexity index is 425. The van der Waals surface area contributed by atoms with Gasteiger partial charge in [0.25, 0.3) is 0 Å². The van der Waals surface area contributed by atoms with Gasteiger partial charge in [0, 0.05) is 31.9 Å². The lowest BCUT2D eigenvalue weighted by atomic mass is 10.3. The number of benzene rings is 1. The van der Waals surface area contributed by atoms with Crippen molar-refractivity contribution in [2.24, 2.45) is 0 Å². The van der Waals surface area contributed by atoms with Crippen LogP contribution in [0.4, 0.5) is 5.69 Å². The molecule has 96 valence electrons. The number of amides is 2. The van der Waals surface area contributed by atoms with E-state index >= 15 is 0 Å². The van der Waals surface area contributed by atoms with Gasteiger partial charge < -0.3 is 15.1 Å². The number of rotatable bonds is 1. The quantitative estimate of drug-likeness (QED) is 0.731. The maximum Gasteiger partial charge on any atom is 0.313 e. The van der Waals surface area contributed by atoms with Crippen LogP contribution >= 0.6 is 0 Å². The molecule has 1 aromatic rings. The second kappa shape index (κ2) is 5.64. The second-order valence-corrected chi connectivity index (χ2v) is 4.42. The summed E-state index contributed by atoms with van der Waals surface area (Å²) in [7, 11) is 2.01. The van der Waals surface area contributed by atoms with Crippen LogP contribution in [-0.2, 0) is 9.59 Å². The van der Waals surface area contributed by atoms with Gasteiger partial charge in [-0.1, -0.05) is 18.2 Å². The predicted octanol–water partition coefficient (Wildman–Crippen LogP) is 0.399. The molecule has 0 radical (unpaired) electrons. The second-order valence-electron chi connectivity index (χ2n) is 4.42. The highest BCUT2D eigenvalue weighted by Crippen LogP contribution is 2.06. The summed E-state index contributed by atoms with van der Waals surface area (Å²) in [6, 6.07) is 9.01. The molecule has 1 saturated heterocycles. The van der Waals surface area contributed by atoms with E-state index in [0.717, 1.165) is 13.1 Å². The van der Waals surface area contributed by atoms with Crippen molar-refractivity contribution in [1.29, 1.82) is 0 Å². The fourth-order valence-electron chi connectivity index (χ4n) is 1.86. The van der Waals surface area contributed by atoms with Crippen molar-refractivity contribution in [2.45, 2.75) is 0 Å². The fourth-order valence-corrected chi connectivity index (χ4v) is 1.86. The number of hydrogen-bond donors (Lipinski definition) is 1. The lowest BCUT2D eigenvalue weighted by molar-refractivity contribution is -0.144. The van der Waals surface area contributed by atoms with Crippen molar-refractivity contribution in [3.8, 4) is 0 Å². The highest BCUT2D eigenvalue weighted by Gasteiger charge is 2.24. The number of nitrogens with zero attached hydrogens (tertiary/aromatic N) is 2. The molecule has 1 heterocycles. The molecule has 5 heteroatoms. The van der Waals surface area contributed by atoms with Gasteiger partial charge in [-0.2, -0.15) is 0 Å². The van der Waals surface area contributed by atoms with Crippen LogP contribution in [0.2, 0.25) is 0 Å². The van der Waals surface area contributed by atoms with E-state index in [1.165, 1.54) is 0 Å². The Kier molecular flexibility index (Phi) is 3.94. The molecule has 2 amide bonds. The first-order valence-corrected chi connectivity index (χ1v) is 6.00. The monoisotopic (exact) mass is 247 g/mol. The topological polar surface area (TPSA) is 52.7 Å². The van der Waals surface area contributed by atoms with Crippen molar-refractivity contribution in [2.75, 3.05) is 38.5 Å². The van der Waals surface area contributed by atoms with E-state index in [2.05, 4.69) is 10.2 Å². The fraction of sp³-hybridized carbons (Fsp3) is 0.385. The van der Waals surface area contributed by atoms with Gasteiger partial charge in [-0.25, -0.2) is 0 Å². The standard InChI is InChI=1S/C13H17N3O2/c1-15-7-9-16(10-8-15)13(18)12(17)14-11-5-3-2-4-6-11/h2-6H,7-10H2,1H3,(H,14,17). The molecule has 1 aromatic carbocycles. The highest BCUT2D eigenvalue weighted by atomic mass is 16.2. The van der Waals surface area contributed by atoms with Gasteiger partial charge in [0.05, 0.1) is 0 Å². The zero-order valence-corrected chi connectivity index (χ0v) is 10.4. The zero-order chi connectivity index (χ0) is 13.0. The van der Waals surface area contributed by atoms with Crippen molar-refractivity contribution < 1.29 is 9.59 Å². The molecule has 0 spiro atoms. The SMILES string of the molecule is CN1CCN(C(=O)C(=O)Nc2ccccc2)CC1. The molecule has 1 fully saturated rings. The summed E-state index contributed by atoms with van der Waals surface area (Å²) >= 11 is 0. The Morgan fingerprint density at radius 2 is 1.67 bits per heavy atom.